The summed E-state index contributed by atoms with van der Waals surface area (Å²) in [6.07, 6.45) is 0.00378. The Bertz CT molecular complexity index is 623. The third-order valence-electron chi connectivity index (χ3n) is 3.61. The van der Waals surface area contributed by atoms with Crippen molar-refractivity contribution < 1.29 is 19.1 Å². The number of carbonyl (C=O) groups is 3. The standard InChI is InChI=1S/C18H25BrN2O4/c1-11(20-17(24)18(2,3)4)16(23)21-14(10-15(22)25-5)12-6-8-13(19)9-7-12/h6-9,11,14H,10H2,1-5H3,(H,20,24)(H,21,23). The molecule has 0 heterocycles. The second-order valence-electron chi connectivity index (χ2n) is 6.84. The van der Waals surface area contributed by atoms with Crippen molar-refractivity contribution in [1.29, 1.82) is 0 Å². The number of hydrogen-bond donors (Lipinski definition) is 2. The van der Waals surface area contributed by atoms with Crippen molar-refractivity contribution in [1.82, 2.24) is 10.6 Å². The summed E-state index contributed by atoms with van der Waals surface area (Å²) < 4.78 is 5.60. The zero-order valence-corrected chi connectivity index (χ0v) is 16.8. The monoisotopic (exact) mass is 412 g/mol. The summed E-state index contributed by atoms with van der Waals surface area (Å²) in [5.74, 6) is -1.02. The number of esters is 1. The van der Waals surface area contributed by atoms with Gasteiger partial charge in [-0.1, -0.05) is 48.8 Å². The molecule has 1 aromatic carbocycles. The van der Waals surface area contributed by atoms with Crippen molar-refractivity contribution in [3.05, 3.63) is 34.3 Å². The highest BCUT2D eigenvalue weighted by Crippen LogP contribution is 2.20. The Kier molecular flexibility index (Phi) is 7.60. The van der Waals surface area contributed by atoms with E-state index >= 15 is 0 Å². The normalized spacial score (nSPS) is 13.5. The molecule has 0 aliphatic heterocycles. The first-order valence-corrected chi connectivity index (χ1v) is 8.77. The van der Waals surface area contributed by atoms with Gasteiger partial charge in [0.2, 0.25) is 11.8 Å². The molecule has 0 aliphatic rings. The third-order valence-corrected chi connectivity index (χ3v) is 4.14. The molecule has 7 heteroatoms. The van der Waals surface area contributed by atoms with Crippen LogP contribution in [0.15, 0.2) is 28.7 Å². The second-order valence-corrected chi connectivity index (χ2v) is 7.75. The summed E-state index contributed by atoms with van der Waals surface area (Å²) in [4.78, 5) is 36.1. The second kappa shape index (κ2) is 8.99. The zero-order valence-electron chi connectivity index (χ0n) is 15.2. The van der Waals surface area contributed by atoms with E-state index < -0.39 is 23.5 Å². The van der Waals surface area contributed by atoms with Crippen LogP contribution >= 0.6 is 15.9 Å². The Labute approximate surface area is 156 Å². The predicted octanol–water partition coefficient (Wildman–Crippen LogP) is 2.72. The number of halogens is 1. The lowest BCUT2D eigenvalue weighted by atomic mass is 9.95. The van der Waals surface area contributed by atoms with Crippen LogP contribution in [0.25, 0.3) is 0 Å². The molecule has 2 amide bonds. The van der Waals surface area contributed by atoms with Crippen LogP contribution in [0.5, 0.6) is 0 Å². The van der Waals surface area contributed by atoms with Gasteiger partial charge in [-0.15, -0.1) is 0 Å². The molecule has 2 atom stereocenters. The predicted molar refractivity (Wildman–Crippen MR) is 98.7 cm³/mol. The number of ether oxygens (including phenoxy) is 1. The summed E-state index contributed by atoms with van der Waals surface area (Å²) in [5, 5.41) is 5.48. The van der Waals surface area contributed by atoms with Gasteiger partial charge in [-0.2, -0.15) is 0 Å². The van der Waals surface area contributed by atoms with Gasteiger partial charge in [-0.25, -0.2) is 0 Å². The molecule has 0 aromatic heterocycles. The lowest BCUT2D eigenvalue weighted by molar-refractivity contribution is -0.141. The van der Waals surface area contributed by atoms with Crippen LogP contribution in [0.1, 0.15) is 45.7 Å². The fraction of sp³-hybridized carbons (Fsp3) is 0.500. The first-order chi connectivity index (χ1) is 11.5. The van der Waals surface area contributed by atoms with Gasteiger partial charge in [0.1, 0.15) is 6.04 Å². The van der Waals surface area contributed by atoms with E-state index in [-0.39, 0.29) is 18.2 Å². The lowest BCUT2D eigenvalue weighted by Crippen LogP contribution is -2.49. The molecule has 138 valence electrons. The summed E-state index contributed by atoms with van der Waals surface area (Å²) in [6.45, 7) is 6.92. The largest absolute Gasteiger partial charge is 0.469 e. The Morgan fingerprint density at radius 3 is 2.16 bits per heavy atom. The van der Waals surface area contributed by atoms with E-state index in [1.807, 2.05) is 24.3 Å². The molecule has 0 spiro atoms. The van der Waals surface area contributed by atoms with Gasteiger partial charge in [-0.05, 0) is 24.6 Å². The number of hydrogen-bond acceptors (Lipinski definition) is 4. The molecule has 0 radical (unpaired) electrons. The van der Waals surface area contributed by atoms with Gasteiger partial charge in [0.15, 0.2) is 0 Å². The maximum atomic E-state index is 12.4. The first kappa shape index (κ1) is 21.2. The molecule has 0 bridgehead atoms. The van der Waals surface area contributed by atoms with Crippen LogP contribution in [0.4, 0.5) is 0 Å². The van der Waals surface area contributed by atoms with Crippen molar-refractivity contribution in [3.8, 4) is 0 Å². The number of amides is 2. The van der Waals surface area contributed by atoms with Gasteiger partial charge >= 0.3 is 5.97 Å². The van der Waals surface area contributed by atoms with Crippen LogP contribution in [0, 0.1) is 5.41 Å². The third kappa shape index (κ3) is 6.86. The molecule has 2 N–H and O–H groups in total. The number of methoxy groups -OCH3 is 1. The molecular weight excluding hydrogens is 388 g/mol. The van der Waals surface area contributed by atoms with Gasteiger partial charge in [0, 0.05) is 9.89 Å². The maximum absolute atomic E-state index is 12.4. The summed E-state index contributed by atoms with van der Waals surface area (Å²) >= 11 is 3.35. The Morgan fingerprint density at radius 1 is 1.12 bits per heavy atom. The van der Waals surface area contributed by atoms with E-state index in [1.165, 1.54) is 7.11 Å². The highest BCUT2D eigenvalue weighted by molar-refractivity contribution is 9.10. The molecule has 0 saturated carbocycles. The average Bonchev–Trinajstić information content (AvgIpc) is 2.53. The van der Waals surface area contributed by atoms with Gasteiger partial charge in [-0.3, -0.25) is 14.4 Å². The van der Waals surface area contributed by atoms with Crippen molar-refractivity contribution in [2.75, 3.05) is 7.11 Å². The van der Waals surface area contributed by atoms with E-state index in [9.17, 15) is 14.4 Å². The minimum atomic E-state index is -0.720. The fourth-order valence-electron chi connectivity index (χ4n) is 1.97. The summed E-state index contributed by atoms with van der Waals surface area (Å²) in [7, 11) is 1.30. The van der Waals surface area contributed by atoms with E-state index in [4.69, 9.17) is 4.74 Å². The van der Waals surface area contributed by atoms with Crippen molar-refractivity contribution in [3.63, 3.8) is 0 Å². The molecule has 1 rings (SSSR count). The number of rotatable bonds is 6. The van der Waals surface area contributed by atoms with Crippen LogP contribution in [0.2, 0.25) is 0 Å². The molecule has 2 unspecified atom stereocenters. The minimum Gasteiger partial charge on any atom is -0.469 e. The number of benzene rings is 1. The lowest BCUT2D eigenvalue weighted by Gasteiger charge is -2.24. The Morgan fingerprint density at radius 2 is 1.68 bits per heavy atom. The topological polar surface area (TPSA) is 84.5 Å². The van der Waals surface area contributed by atoms with Crippen LogP contribution in [-0.4, -0.2) is 30.9 Å². The minimum absolute atomic E-state index is 0.00378. The molecule has 0 aliphatic carbocycles. The molecule has 25 heavy (non-hydrogen) atoms. The van der Waals surface area contributed by atoms with Crippen molar-refractivity contribution in [2.24, 2.45) is 5.41 Å². The first-order valence-electron chi connectivity index (χ1n) is 7.98. The van der Waals surface area contributed by atoms with E-state index in [0.717, 1.165) is 10.0 Å². The summed E-state index contributed by atoms with van der Waals surface area (Å²) in [5.41, 5.74) is 0.183. The highest BCUT2D eigenvalue weighted by Gasteiger charge is 2.27. The fourth-order valence-corrected chi connectivity index (χ4v) is 2.24. The van der Waals surface area contributed by atoms with E-state index in [1.54, 1.807) is 27.7 Å². The molecule has 0 saturated heterocycles. The smallest absolute Gasteiger partial charge is 0.307 e. The molecule has 1 aromatic rings. The summed E-state index contributed by atoms with van der Waals surface area (Å²) in [6, 6.07) is 6.03. The van der Waals surface area contributed by atoms with Gasteiger partial charge in [0.05, 0.1) is 19.6 Å². The molecule has 0 fully saturated rings. The zero-order chi connectivity index (χ0) is 19.2. The van der Waals surface area contributed by atoms with Crippen LogP contribution in [-0.2, 0) is 19.1 Å². The van der Waals surface area contributed by atoms with Crippen LogP contribution < -0.4 is 10.6 Å². The highest BCUT2D eigenvalue weighted by atomic mass is 79.9. The van der Waals surface area contributed by atoms with E-state index in [2.05, 4.69) is 26.6 Å². The number of carbonyl (C=O) groups excluding carboxylic acids is 3. The van der Waals surface area contributed by atoms with Gasteiger partial charge in [0.25, 0.3) is 0 Å². The average molecular weight is 413 g/mol. The SMILES string of the molecule is COC(=O)CC(NC(=O)C(C)NC(=O)C(C)(C)C)c1ccc(Br)cc1. The number of nitrogens with one attached hydrogen (secondary N) is 2. The molecule has 6 nitrogen and oxygen atoms in total. The Hall–Kier alpha value is -1.89. The Balaban J connectivity index is 2.85. The van der Waals surface area contributed by atoms with Crippen LogP contribution in [0.3, 0.4) is 0 Å². The van der Waals surface area contributed by atoms with Crippen molar-refractivity contribution >= 4 is 33.7 Å². The van der Waals surface area contributed by atoms with Crippen molar-refractivity contribution in [2.45, 2.75) is 46.2 Å². The maximum Gasteiger partial charge on any atom is 0.307 e. The quantitative estimate of drug-likeness (QED) is 0.703. The molecular formula is C18H25BrN2O4. The van der Waals surface area contributed by atoms with Gasteiger partial charge < -0.3 is 15.4 Å². The van der Waals surface area contributed by atoms with E-state index in [0.29, 0.717) is 0 Å².